The van der Waals surface area contributed by atoms with Crippen LogP contribution < -0.4 is 5.73 Å². The molecule has 4 nitrogen and oxygen atoms in total. The molecule has 0 spiro atoms. The summed E-state index contributed by atoms with van der Waals surface area (Å²) in [4.78, 5) is 3.93. The third-order valence-corrected chi connectivity index (χ3v) is 2.90. The lowest BCUT2D eigenvalue weighted by Gasteiger charge is -2.03. The number of pyridine rings is 1. The third kappa shape index (κ3) is 1.97. The zero-order valence-corrected chi connectivity index (χ0v) is 10.1. The Morgan fingerprint density at radius 3 is 2.65 bits per heavy atom. The summed E-state index contributed by atoms with van der Waals surface area (Å²) in [5, 5.41) is 3.94. The van der Waals surface area contributed by atoms with Crippen LogP contribution >= 0.6 is 12.3 Å². The zero-order valence-electron chi connectivity index (χ0n) is 9.24. The molecule has 0 saturated carbocycles. The molecule has 2 heterocycles. The van der Waals surface area contributed by atoms with Gasteiger partial charge in [0.1, 0.15) is 5.69 Å². The highest BCUT2D eigenvalue weighted by Crippen LogP contribution is 2.30. The number of aryl methyl sites for hydroxylation is 1. The van der Waals surface area contributed by atoms with E-state index in [0.29, 0.717) is 17.0 Å². The molecule has 0 atom stereocenters. The highest BCUT2D eigenvalue weighted by atomic mass is 32.2. The molecule has 0 aliphatic rings. The van der Waals surface area contributed by atoms with Crippen LogP contribution in [0.25, 0.3) is 11.3 Å². The average Bonchev–Trinajstić information content (AvgIpc) is 2.55. The first-order valence-corrected chi connectivity index (χ1v) is 5.48. The molecule has 2 N–H and O–H groups in total. The van der Waals surface area contributed by atoms with Gasteiger partial charge in [-0.3, -0.25) is 4.98 Å². The first-order valence-electron chi connectivity index (χ1n) is 4.81. The number of hydrogen-bond donors (Lipinski definition) is 1. The van der Waals surface area contributed by atoms with E-state index in [0.717, 1.165) is 4.09 Å². The number of rotatable bonds is 2. The summed E-state index contributed by atoms with van der Waals surface area (Å²) in [6, 6.07) is 1.18. The van der Waals surface area contributed by atoms with Crippen molar-refractivity contribution in [1.82, 2.24) is 14.2 Å². The zero-order chi connectivity index (χ0) is 12.6. The van der Waals surface area contributed by atoms with Crippen molar-refractivity contribution in [1.29, 1.82) is 0 Å². The molecule has 0 amide bonds. The fourth-order valence-electron chi connectivity index (χ4n) is 1.67. The molecule has 0 aliphatic heterocycles. The Bertz CT molecular complexity index is 568. The van der Waals surface area contributed by atoms with E-state index in [1.54, 1.807) is 13.8 Å². The maximum absolute atomic E-state index is 13.7. The van der Waals surface area contributed by atoms with Gasteiger partial charge in [0.2, 0.25) is 0 Å². The van der Waals surface area contributed by atoms with Gasteiger partial charge in [0.25, 0.3) is 0 Å². The summed E-state index contributed by atoms with van der Waals surface area (Å²) < 4.78 is 27.4. The number of nitrogens with zero attached hydrogens (tertiary/aromatic N) is 3. The maximum Gasteiger partial charge on any atom is 0.187 e. The molecule has 0 bridgehead atoms. The Labute approximate surface area is 101 Å². The predicted octanol–water partition coefficient (Wildman–Crippen LogP) is 2.66. The minimum atomic E-state index is -0.542. The second-order valence-corrected chi connectivity index (χ2v) is 4.07. The average molecular weight is 256 g/mol. The Morgan fingerprint density at radius 1 is 1.41 bits per heavy atom. The smallest absolute Gasteiger partial charge is 0.187 e. The summed E-state index contributed by atoms with van der Waals surface area (Å²) in [6.07, 6.45) is 1.36. The Balaban J connectivity index is 2.64. The number of anilines is 1. The standard InChI is InChI=1S/C10H10F2N4S/c1-5-9(6(2)16(15-5)17-12)10-8(11)3-7(13)4-14-10/h3-4H,13H2,1-2H3. The first-order chi connectivity index (χ1) is 8.04. The van der Waals surface area contributed by atoms with Gasteiger partial charge in [0, 0.05) is 11.6 Å². The van der Waals surface area contributed by atoms with Crippen molar-refractivity contribution in [2.24, 2.45) is 0 Å². The van der Waals surface area contributed by atoms with E-state index in [2.05, 4.69) is 10.1 Å². The van der Waals surface area contributed by atoms with Crippen molar-refractivity contribution in [3.05, 3.63) is 29.5 Å². The molecule has 2 aromatic rings. The summed E-state index contributed by atoms with van der Waals surface area (Å²) in [6.45, 7) is 3.33. The van der Waals surface area contributed by atoms with Crippen LogP contribution in [-0.2, 0) is 0 Å². The van der Waals surface area contributed by atoms with Gasteiger partial charge in [-0.05, 0) is 13.8 Å². The quantitative estimate of drug-likeness (QED) is 0.897. The lowest BCUT2D eigenvalue weighted by molar-refractivity contribution is 0.626. The predicted molar refractivity (Wildman–Crippen MR) is 63.4 cm³/mol. The second kappa shape index (κ2) is 4.33. The first kappa shape index (κ1) is 11.8. The van der Waals surface area contributed by atoms with Crippen LogP contribution in [0, 0.1) is 19.7 Å². The van der Waals surface area contributed by atoms with Crippen LogP contribution in [0.1, 0.15) is 11.4 Å². The summed E-state index contributed by atoms with van der Waals surface area (Å²) >= 11 is -0.0353. The van der Waals surface area contributed by atoms with Crippen LogP contribution in [0.5, 0.6) is 0 Å². The van der Waals surface area contributed by atoms with Gasteiger partial charge in [0.15, 0.2) is 18.2 Å². The van der Waals surface area contributed by atoms with Crippen molar-refractivity contribution < 1.29 is 8.28 Å². The fraction of sp³-hybridized carbons (Fsp3) is 0.200. The van der Waals surface area contributed by atoms with E-state index in [-0.39, 0.29) is 23.7 Å². The van der Waals surface area contributed by atoms with Gasteiger partial charge in [-0.15, -0.1) is 3.89 Å². The molecule has 0 unspecified atom stereocenters. The molecule has 0 saturated heterocycles. The molecule has 0 aliphatic carbocycles. The Kier molecular flexibility index (Phi) is 3.01. The summed E-state index contributed by atoms with van der Waals surface area (Å²) in [5.41, 5.74) is 7.32. The largest absolute Gasteiger partial charge is 0.397 e. The minimum Gasteiger partial charge on any atom is -0.397 e. The number of aromatic nitrogens is 3. The van der Waals surface area contributed by atoms with Crippen molar-refractivity contribution in [2.75, 3.05) is 5.73 Å². The second-order valence-electron chi connectivity index (χ2n) is 3.59. The van der Waals surface area contributed by atoms with E-state index in [4.69, 9.17) is 5.73 Å². The number of halogens is 2. The van der Waals surface area contributed by atoms with E-state index in [9.17, 15) is 8.28 Å². The van der Waals surface area contributed by atoms with Crippen LogP contribution in [0.4, 0.5) is 14.0 Å². The SMILES string of the molecule is Cc1nn(SF)c(C)c1-c1ncc(N)cc1F. The fourth-order valence-corrected chi connectivity index (χ4v) is 2.01. The number of hydrogen-bond acceptors (Lipinski definition) is 4. The lowest BCUT2D eigenvalue weighted by atomic mass is 10.1. The number of nitrogen functional groups attached to an aromatic ring is 1. The number of nitrogens with two attached hydrogens (primary N) is 1. The van der Waals surface area contributed by atoms with E-state index >= 15 is 0 Å². The van der Waals surface area contributed by atoms with Crippen LogP contribution in [0.2, 0.25) is 0 Å². The summed E-state index contributed by atoms with van der Waals surface area (Å²) in [5.74, 6) is -0.542. The molecule has 2 rings (SSSR count). The van der Waals surface area contributed by atoms with Crippen LogP contribution in [0.3, 0.4) is 0 Å². The highest BCUT2D eigenvalue weighted by molar-refractivity contribution is 7.92. The highest BCUT2D eigenvalue weighted by Gasteiger charge is 2.18. The van der Waals surface area contributed by atoms with Gasteiger partial charge in [-0.25, -0.2) is 4.39 Å². The van der Waals surface area contributed by atoms with Gasteiger partial charge >= 0.3 is 0 Å². The molecule has 0 fully saturated rings. The van der Waals surface area contributed by atoms with E-state index < -0.39 is 5.82 Å². The van der Waals surface area contributed by atoms with Gasteiger partial charge in [0.05, 0.1) is 23.3 Å². The topological polar surface area (TPSA) is 56.7 Å². The maximum atomic E-state index is 13.7. The molecule has 2 aromatic heterocycles. The van der Waals surface area contributed by atoms with E-state index in [1.165, 1.54) is 12.3 Å². The van der Waals surface area contributed by atoms with Gasteiger partial charge < -0.3 is 5.73 Å². The molecule has 17 heavy (non-hydrogen) atoms. The van der Waals surface area contributed by atoms with Crippen LogP contribution in [0.15, 0.2) is 12.3 Å². The molecular weight excluding hydrogens is 246 g/mol. The van der Waals surface area contributed by atoms with Crippen molar-refractivity contribution in [2.45, 2.75) is 13.8 Å². The Morgan fingerprint density at radius 2 is 2.12 bits per heavy atom. The van der Waals surface area contributed by atoms with Crippen LogP contribution in [-0.4, -0.2) is 14.2 Å². The minimum absolute atomic E-state index is 0.0353. The molecule has 90 valence electrons. The van der Waals surface area contributed by atoms with Gasteiger partial charge in [-0.2, -0.15) is 9.19 Å². The Hall–Kier alpha value is -1.63. The van der Waals surface area contributed by atoms with Gasteiger partial charge in [-0.1, -0.05) is 0 Å². The van der Waals surface area contributed by atoms with Crippen molar-refractivity contribution in [3.8, 4) is 11.3 Å². The molecule has 7 heteroatoms. The van der Waals surface area contributed by atoms with E-state index in [1.807, 2.05) is 0 Å². The third-order valence-electron chi connectivity index (χ3n) is 2.42. The van der Waals surface area contributed by atoms with Crippen molar-refractivity contribution in [3.63, 3.8) is 0 Å². The molecular formula is C10H10F2N4S. The normalized spacial score (nSPS) is 10.8. The molecule has 0 aromatic carbocycles. The summed E-state index contributed by atoms with van der Waals surface area (Å²) in [7, 11) is 0. The monoisotopic (exact) mass is 256 g/mol. The molecule has 0 radical (unpaired) electrons. The lowest BCUT2D eigenvalue weighted by Crippen LogP contribution is -1.95. The van der Waals surface area contributed by atoms with Crippen molar-refractivity contribution >= 4 is 18.0 Å².